The fourth-order valence-corrected chi connectivity index (χ4v) is 2.21. The quantitative estimate of drug-likeness (QED) is 0.872. The largest absolute Gasteiger partial charge is 0.375 e. The molecule has 1 fully saturated rings. The van der Waals surface area contributed by atoms with Gasteiger partial charge in [-0.25, -0.2) is 0 Å². The van der Waals surface area contributed by atoms with Crippen LogP contribution in [0.4, 0.5) is 5.69 Å². The van der Waals surface area contributed by atoms with Crippen LogP contribution < -0.4 is 10.6 Å². The van der Waals surface area contributed by atoms with E-state index in [4.69, 9.17) is 10.5 Å². The van der Waals surface area contributed by atoms with Crippen molar-refractivity contribution >= 4 is 5.69 Å². The van der Waals surface area contributed by atoms with Crippen molar-refractivity contribution in [2.24, 2.45) is 5.73 Å². The van der Waals surface area contributed by atoms with Crippen LogP contribution >= 0.6 is 0 Å². The van der Waals surface area contributed by atoms with Gasteiger partial charge in [-0.1, -0.05) is 19.1 Å². The molecule has 0 aliphatic carbocycles. The Morgan fingerprint density at radius 1 is 1.53 bits per heavy atom. The third kappa shape index (κ3) is 2.99. The molecule has 0 saturated carbocycles. The Labute approximate surface area is 104 Å². The molecule has 1 heterocycles. The summed E-state index contributed by atoms with van der Waals surface area (Å²) in [6.45, 7) is 6.97. The molecule has 2 N–H and O–H groups in total. The Bertz CT molecular complexity index is 365. The molecule has 0 radical (unpaired) electrons. The zero-order chi connectivity index (χ0) is 12.3. The van der Waals surface area contributed by atoms with Gasteiger partial charge in [-0.2, -0.15) is 0 Å². The molecule has 1 aromatic rings. The lowest BCUT2D eigenvalue weighted by Crippen LogP contribution is -2.42. The van der Waals surface area contributed by atoms with Gasteiger partial charge in [0.15, 0.2) is 0 Å². The summed E-state index contributed by atoms with van der Waals surface area (Å²) in [6, 6.07) is 8.63. The molecule has 2 atom stereocenters. The van der Waals surface area contributed by atoms with E-state index in [2.05, 4.69) is 36.1 Å². The van der Waals surface area contributed by atoms with Crippen LogP contribution in [0.5, 0.6) is 0 Å². The molecule has 1 aliphatic rings. The third-order valence-electron chi connectivity index (χ3n) is 3.36. The lowest BCUT2D eigenvalue weighted by molar-refractivity contribution is 0.0384. The number of ether oxygens (including phenoxy) is 1. The highest BCUT2D eigenvalue weighted by Crippen LogP contribution is 2.22. The van der Waals surface area contributed by atoms with Gasteiger partial charge in [-0.05, 0) is 31.0 Å². The average molecular weight is 234 g/mol. The maximum Gasteiger partial charge on any atom is 0.0748 e. The van der Waals surface area contributed by atoms with Crippen molar-refractivity contribution in [3.8, 4) is 0 Å². The minimum absolute atomic E-state index is 0.0953. The Balaban J connectivity index is 2.13. The number of hydrogen-bond donors (Lipinski definition) is 1. The summed E-state index contributed by atoms with van der Waals surface area (Å²) in [6.07, 6.45) is 1.44. The summed E-state index contributed by atoms with van der Waals surface area (Å²) in [5.74, 6) is 0. The lowest BCUT2D eigenvalue weighted by atomic mass is 10.1. The van der Waals surface area contributed by atoms with Gasteiger partial charge in [0, 0.05) is 24.8 Å². The predicted octanol–water partition coefficient (Wildman–Crippen LogP) is 2.32. The van der Waals surface area contributed by atoms with Gasteiger partial charge in [-0.3, -0.25) is 0 Å². The van der Waals surface area contributed by atoms with Gasteiger partial charge in [0.2, 0.25) is 0 Å². The van der Waals surface area contributed by atoms with E-state index in [1.54, 1.807) is 0 Å². The number of hydrogen-bond acceptors (Lipinski definition) is 3. The van der Waals surface area contributed by atoms with Crippen LogP contribution in [0.15, 0.2) is 24.3 Å². The highest BCUT2D eigenvalue weighted by atomic mass is 16.5. The van der Waals surface area contributed by atoms with E-state index >= 15 is 0 Å². The summed E-state index contributed by atoms with van der Waals surface area (Å²) in [7, 11) is 0. The summed E-state index contributed by atoms with van der Waals surface area (Å²) in [5.41, 5.74) is 8.38. The summed E-state index contributed by atoms with van der Waals surface area (Å²) in [4.78, 5) is 2.39. The normalized spacial score (nSPS) is 22.5. The number of anilines is 1. The van der Waals surface area contributed by atoms with Crippen LogP contribution in [0, 0.1) is 0 Å². The van der Waals surface area contributed by atoms with E-state index in [1.807, 2.05) is 6.92 Å². The molecule has 94 valence electrons. The molecule has 1 aliphatic heterocycles. The molecule has 1 saturated heterocycles. The van der Waals surface area contributed by atoms with Crippen molar-refractivity contribution in [3.05, 3.63) is 29.8 Å². The molecular weight excluding hydrogens is 212 g/mol. The Morgan fingerprint density at radius 3 is 3.06 bits per heavy atom. The minimum atomic E-state index is 0.0953. The number of nitrogens with zero attached hydrogens (tertiary/aromatic N) is 1. The Hall–Kier alpha value is -1.06. The van der Waals surface area contributed by atoms with Crippen molar-refractivity contribution < 1.29 is 4.74 Å². The zero-order valence-electron chi connectivity index (χ0n) is 10.7. The molecule has 2 unspecified atom stereocenters. The first-order valence-electron chi connectivity index (χ1n) is 6.42. The first kappa shape index (κ1) is 12.4. The first-order valence-corrected chi connectivity index (χ1v) is 6.42. The van der Waals surface area contributed by atoms with E-state index in [9.17, 15) is 0 Å². The Morgan fingerprint density at radius 2 is 2.35 bits per heavy atom. The van der Waals surface area contributed by atoms with Gasteiger partial charge in [-0.15, -0.1) is 0 Å². The third-order valence-corrected chi connectivity index (χ3v) is 3.36. The molecule has 0 aromatic heterocycles. The standard InChI is InChI=1S/C14H22N2O/c1-3-14-10-16(7-8-17-14)13-6-4-5-12(9-13)11(2)15/h4-6,9,11,14H,3,7-8,10,15H2,1-2H3. The predicted molar refractivity (Wildman–Crippen MR) is 71.3 cm³/mol. The second-order valence-corrected chi connectivity index (χ2v) is 4.73. The van der Waals surface area contributed by atoms with Crippen molar-refractivity contribution in [1.82, 2.24) is 0 Å². The van der Waals surface area contributed by atoms with Gasteiger partial charge in [0.1, 0.15) is 0 Å². The number of benzene rings is 1. The molecule has 1 aromatic carbocycles. The average Bonchev–Trinajstić information content (AvgIpc) is 2.39. The van der Waals surface area contributed by atoms with Gasteiger partial charge in [0.05, 0.1) is 12.7 Å². The second kappa shape index (κ2) is 5.52. The van der Waals surface area contributed by atoms with Crippen LogP contribution in [0.1, 0.15) is 31.9 Å². The molecule has 3 heteroatoms. The first-order chi connectivity index (χ1) is 8.20. The molecule has 3 nitrogen and oxygen atoms in total. The van der Waals surface area contributed by atoms with E-state index in [1.165, 1.54) is 11.3 Å². The van der Waals surface area contributed by atoms with Crippen LogP contribution in [0.2, 0.25) is 0 Å². The van der Waals surface area contributed by atoms with Crippen molar-refractivity contribution in [2.75, 3.05) is 24.6 Å². The van der Waals surface area contributed by atoms with Gasteiger partial charge in [0.25, 0.3) is 0 Å². The minimum Gasteiger partial charge on any atom is -0.375 e. The lowest BCUT2D eigenvalue weighted by Gasteiger charge is -2.34. The van der Waals surface area contributed by atoms with Crippen molar-refractivity contribution in [1.29, 1.82) is 0 Å². The van der Waals surface area contributed by atoms with Crippen LogP contribution in [0.3, 0.4) is 0 Å². The summed E-state index contributed by atoms with van der Waals surface area (Å²) >= 11 is 0. The van der Waals surface area contributed by atoms with Crippen LogP contribution in [-0.4, -0.2) is 25.8 Å². The SMILES string of the molecule is CCC1CN(c2cccc(C(C)N)c2)CCO1. The highest BCUT2D eigenvalue weighted by Gasteiger charge is 2.19. The summed E-state index contributed by atoms with van der Waals surface area (Å²) < 4.78 is 5.69. The van der Waals surface area contributed by atoms with E-state index in [-0.39, 0.29) is 6.04 Å². The molecule has 0 spiro atoms. The number of nitrogens with two attached hydrogens (primary N) is 1. The maximum absolute atomic E-state index is 5.92. The topological polar surface area (TPSA) is 38.5 Å². The molecule has 17 heavy (non-hydrogen) atoms. The fourth-order valence-electron chi connectivity index (χ4n) is 2.21. The van der Waals surface area contributed by atoms with Gasteiger partial charge >= 0.3 is 0 Å². The highest BCUT2D eigenvalue weighted by molar-refractivity contribution is 5.49. The number of rotatable bonds is 3. The monoisotopic (exact) mass is 234 g/mol. The second-order valence-electron chi connectivity index (χ2n) is 4.73. The maximum atomic E-state index is 5.92. The van der Waals surface area contributed by atoms with E-state index in [0.717, 1.165) is 26.1 Å². The molecular formula is C14H22N2O. The fraction of sp³-hybridized carbons (Fsp3) is 0.571. The smallest absolute Gasteiger partial charge is 0.0748 e. The Kier molecular flexibility index (Phi) is 4.02. The van der Waals surface area contributed by atoms with Crippen LogP contribution in [-0.2, 0) is 4.74 Å². The van der Waals surface area contributed by atoms with Crippen molar-refractivity contribution in [2.45, 2.75) is 32.4 Å². The van der Waals surface area contributed by atoms with Gasteiger partial charge < -0.3 is 15.4 Å². The van der Waals surface area contributed by atoms with Crippen molar-refractivity contribution in [3.63, 3.8) is 0 Å². The van der Waals surface area contributed by atoms with Crippen LogP contribution in [0.25, 0.3) is 0 Å². The molecule has 0 amide bonds. The van der Waals surface area contributed by atoms with E-state index in [0.29, 0.717) is 6.10 Å². The van der Waals surface area contributed by atoms with E-state index < -0.39 is 0 Å². The summed E-state index contributed by atoms with van der Waals surface area (Å²) in [5, 5.41) is 0. The number of morpholine rings is 1. The molecule has 2 rings (SSSR count). The zero-order valence-corrected chi connectivity index (χ0v) is 10.7. The molecule has 0 bridgehead atoms.